The number of carbonyl (C=O) groups excluding carboxylic acids is 1. The predicted molar refractivity (Wildman–Crippen MR) is 103 cm³/mol. The van der Waals surface area contributed by atoms with E-state index in [4.69, 9.17) is 0 Å². The summed E-state index contributed by atoms with van der Waals surface area (Å²) < 4.78 is 14.2. The molecule has 2 heterocycles. The third kappa shape index (κ3) is 3.57. The fourth-order valence-corrected chi connectivity index (χ4v) is 3.59. The lowest BCUT2D eigenvalue weighted by molar-refractivity contribution is 0.0719. The highest BCUT2D eigenvalue weighted by Crippen LogP contribution is 2.31. The van der Waals surface area contributed by atoms with Gasteiger partial charge in [-0.05, 0) is 49.1 Å². The summed E-state index contributed by atoms with van der Waals surface area (Å²) in [5, 5.41) is 3.06. The molecule has 0 saturated heterocycles. The van der Waals surface area contributed by atoms with Crippen LogP contribution in [0.15, 0.2) is 30.5 Å². The summed E-state index contributed by atoms with van der Waals surface area (Å²) >= 11 is 0. The average Bonchev–Trinajstić information content (AvgIpc) is 3.14. The standard InChI is InChI=1S/C21H26FN3O/c1-4-6-17(5-2)25(3)21(26)15-7-8-19(24-13-15)16-11-14-9-10-23-20(14)18(22)12-16/h7-8,11-13,17,23H,4-6,9-10H2,1-3H3. The molecule has 5 heteroatoms. The first-order chi connectivity index (χ1) is 12.5. The summed E-state index contributed by atoms with van der Waals surface area (Å²) in [4.78, 5) is 18.9. The van der Waals surface area contributed by atoms with Gasteiger partial charge in [0.05, 0.1) is 16.9 Å². The van der Waals surface area contributed by atoms with Crippen molar-refractivity contribution in [2.45, 2.75) is 45.6 Å². The zero-order chi connectivity index (χ0) is 18.7. The highest BCUT2D eigenvalue weighted by molar-refractivity contribution is 5.94. The molecule has 26 heavy (non-hydrogen) atoms. The zero-order valence-corrected chi connectivity index (χ0v) is 15.7. The SMILES string of the molecule is CCCC(CC)N(C)C(=O)c1ccc(-c2cc(F)c3c(c2)CCN3)nc1. The molecule has 1 amide bonds. The topological polar surface area (TPSA) is 45.2 Å². The Balaban J connectivity index is 1.80. The first-order valence-electron chi connectivity index (χ1n) is 9.35. The molecule has 0 aliphatic carbocycles. The molecule has 4 nitrogen and oxygen atoms in total. The van der Waals surface area contributed by atoms with Crippen molar-refractivity contribution in [1.29, 1.82) is 0 Å². The minimum Gasteiger partial charge on any atom is -0.382 e. The van der Waals surface area contributed by atoms with E-state index in [-0.39, 0.29) is 17.8 Å². The van der Waals surface area contributed by atoms with Crippen LogP contribution in [0.3, 0.4) is 0 Å². The molecule has 0 spiro atoms. The molecular formula is C21H26FN3O. The van der Waals surface area contributed by atoms with Crippen molar-refractivity contribution in [3.8, 4) is 11.3 Å². The number of nitrogens with zero attached hydrogens (tertiary/aromatic N) is 2. The fraction of sp³-hybridized carbons (Fsp3) is 0.429. The van der Waals surface area contributed by atoms with Gasteiger partial charge in [0, 0.05) is 31.4 Å². The number of hydrogen-bond acceptors (Lipinski definition) is 3. The smallest absolute Gasteiger partial charge is 0.255 e. The molecule has 0 bridgehead atoms. The van der Waals surface area contributed by atoms with Gasteiger partial charge in [-0.15, -0.1) is 0 Å². The number of halogens is 1. The van der Waals surface area contributed by atoms with Crippen LogP contribution in [0.2, 0.25) is 0 Å². The van der Waals surface area contributed by atoms with Gasteiger partial charge in [0.2, 0.25) is 0 Å². The third-order valence-electron chi connectivity index (χ3n) is 5.14. The van der Waals surface area contributed by atoms with Gasteiger partial charge in [0.1, 0.15) is 5.82 Å². The summed E-state index contributed by atoms with van der Waals surface area (Å²) in [6, 6.07) is 7.30. The first-order valence-corrected chi connectivity index (χ1v) is 9.35. The Bertz CT molecular complexity index is 789. The van der Waals surface area contributed by atoms with Crippen molar-refractivity contribution in [3.05, 3.63) is 47.4 Å². The van der Waals surface area contributed by atoms with Gasteiger partial charge in [0.15, 0.2) is 0 Å². The first kappa shape index (κ1) is 18.4. The summed E-state index contributed by atoms with van der Waals surface area (Å²) in [5.41, 5.74) is 3.57. The number of rotatable bonds is 6. The Kier molecular flexibility index (Phi) is 5.55. The largest absolute Gasteiger partial charge is 0.382 e. The number of benzene rings is 1. The molecule has 1 N–H and O–H groups in total. The molecule has 138 valence electrons. The van der Waals surface area contributed by atoms with Gasteiger partial charge < -0.3 is 10.2 Å². The Hall–Kier alpha value is -2.43. The van der Waals surface area contributed by atoms with Crippen molar-refractivity contribution in [3.63, 3.8) is 0 Å². The van der Waals surface area contributed by atoms with E-state index in [1.165, 1.54) is 6.07 Å². The van der Waals surface area contributed by atoms with E-state index in [9.17, 15) is 9.18 Å². The number of fused-ring (bicyclic) bond motifs is 1. The summed E-state index contributed by atoms with van der Waals surface area (Å²) in [6.45, 7) is 4.99. The van der Waals surface area contributed by atoms with Crippen molar-refractivity contribution < 1.29 is 9.18 Å². The monoisotopic (exact) mass is 355 g/mol. The van der Waals surface area contributed by atoms with Crippen LogP contribution >= 0.6 is 0 Å². The quantitative estimate of drug-likeness (QED) is 0.829. The van der Waals surface area contributed by atoms with Crippen LogP contribution in [0.4, 0.5) is 10.1 Å². The molecule has 0 fully saturated rings. The molecule has 1 aliphatic heterocycles. The van der Waals surface area contributed by atoms with E-state index in [2.05, 4.69) is 24.1 Å². The second-order valence-corrected chi connectivity index (χ2v) is 6.87. The van der Waals surface area contributed by atoms with Gasteiger partial charge in [0.25, 0.3) is 5.91 Å². The lowest BCUT2D eigenvalue weighted by Crippen LogP contribution is -2.36. The second-order valence-electron chi connectivity index (χ2n) is 6.87. The van der Waals surface area contributed by atoms with Crippen molar-refractivity contribution in [2.24, 2.45) is 0 Å². The molecule has 1 atom stereocenters. The molecule has 1 aromatic carbocycles. The highest BCUT2D eigenvalue weighted by Gasteiger charge is 2.20. The molecule has 0 saturated carbocycles. The Labute approximate surface area is 154 Å². The third-order valence-corrected chi connectivity index (χ3v) is 5.14. The van der Waals surface area contributed by atoms with Crippen LogP contribution in [0, 0.1) is 5.82 Å². The molecule has 2 aromatic rings. The predicted octanol–water partition coefficient (Wildman–Crippen LogP) is 4.51. The summed E-state index contributed by atoms with van der Waals surface area (Å²) in [6.07, 6.45) is 5.39. The average molecular weight is 355 g/mol. The number of pyridine rings is 1. The van der Waals surface area contributed by atoms with E-state index in [1.807, 2.05) is 13.1 Å². The molecule has 0 radical (unpaired) electrons. The van der Waals surface area contributed by atoms with Gasteiger partial charge >= 0.3 is 0 Å². The van der Waals surface area contributed by atoms with Crippen LogP contribution in [0.5, 0.6) is 0 Å². The van der Waals surface area contributed by atoms with E-state index >= 15 is 0 Å². The highest BCUT2D eigenvalue weighted by atomic mass is 19.1. The van der Waals surface area contributed by atoms with Crippen LogP contribution in [-0.2, 0) is 6.42 Å². The lowest BCUT2D eigenvalue weighted by Gasteiger charge is -2.27. The minimum absolute atomic E-state index is 0.0197. The number of aromatic nitrogens is 1. The van der Waals surface area contributed by atoms with Crippen molar-refractivity contribution in [2.75, 3.05) is 18.9 Å². The van der Waals surface area contributed by atoms with E-state index < -0.39 is 0 Å². The number of anilines is 1. The molecule has 1 aromatic heterocycles. The maximum absolute atomic E-state index is 14.2. The van der Waals surface area contributed by atoms with Gasteiger partial charge in [-0.1, -0.05) is 20.3 Å². The van der Waals surface area contributed by atoms with Crippen molar-refractivity contribution >= 4 is 11.6 Å². The molecule has 1 aliphatic rings. The van der Waals surface area contributed by atoms with Crippen LogP contribution in [0.1, 0.15) is 49.0 Å². The van der Waals surface area contributed by atoms with Crippen LogP contribution in [0.25, 0.3) is 11.3 Å². The Morgan fingerprint density at radius 2 is 2.15 bits per heavy atom. The number of amides is 1. The van der Waals surface area contributed by atoms with Crippen LogP contribution in [-0.4, -0.2) is 35.4 Å². The molecular weight excluding hydrogens is 329 g/mol. The maximum atomic E-state index is 14.2. The molecule has 3 rings (SSSR count). The van der Waals surface area contributed by atoms with Crippen LogP contribution < -0.4 is 5.32 Å². The van der Waals surface area contributed by atoms with Gasteiger partial charge in [-0.3, -0.25) is 9.78 Å². The van der Waals surface area contributed by atoms with Gasteiger partial charge in [-0.25, -0.2) is 4.39 Å². The number of hydrogen-bond donors (Lipinski definition) is 1. The fourth-order valence-electron chi connectivity index (χ4n) is 3.59. The normalized spacial score (nSPS) is 13.8. The second kappa shape index (κ2) is 7.85. The maximum Gasteiger partial charge on any atom is 0.255 e. The van der Waals surface area contributed by atoms with E-state index in [1.54, 1.807) is 23.2 Å². The van der Waals surface area contributed by atoms with Crippen molar-refractivity contribution in [1.82, 2.24) is 9.88 Å². The molecule has 1 unspecified atom stereocenters. The number of nitrogens with one attached hydrogen (secondary N) is 1. The lowest BCUT2D eigenvalue weighted by atomic mass is 10.0. The number of carbonyl (C=O) groups is 1. The zero-order valence-electron chi connectivity index (χ0n) is 15.7. The Morgan fingerprint density at radius 1 is 1.35 bits per heavy atom. The summed E-state index contributed by atoms with van der Waals surface area (Å²) in [5.74, 6) is -0.268. The Morgan fingerprint density at radius 3 is 2.81 bits per heavy atom. The summed E-state index contributed by atoms with van der Waals surface area (Å²) in [7, 11) is 1.85. The van der Waals surface area contributed by atoms with Gasteiger partial charge in [-0.2, -0.15) is 0 Å². The van der Waals surface area contributed by atoms with E-state index in [0.717, 1.165) is 43.4 Å². The van der Waals surface area contributed by atoms with E-state index in [0.29, 0.717) is 16.9 Å². The minimum atomic E-state index is -0.248.